The van der Waals surface area contributed by atoms with E-state index in [1.165, 1.54) is 12.8 Å². The van der Waals surface area contributed by atoms with Gasteiger partial charge in [-0.05, 0) is 43.4 Å². The molecule has 4 atom stereocenters. The van der Waals surface area contributed by atoms with Gasteiger partial charge in [0.2, 0.25) is 0 Å². The zero-order chi connectivity index (χ0) is 12.1. The molecule has 0 aromatic heterocycles. The zero-order valence-corrected chi connectivity index (χ0v) is 11.9. The molecule has 0 aromatic carbocycles. The van der Waals surface area contributed by atoms with Crippen molar-refractivity contribution in [1.29, 1.82) is 0 Å². The van der Waals surface area contributed by atoms with Crippen molar-refractivity contribution in [2.75, 3.05) is 5.75 Å². The van der Waals surface area contributed by atoms with Crippen LogP contribution in [0.3, 0.4) is 0 Å². The van der Waals surface area contributed by atoms with Crippen molar-refractivity contribution in [1.82, 2.24) is 0 Å². The third kappa shape index (κ3) is 4.17. The lowest BCUT2D eigenvalue weighted by atomic mass is 9.76. The second kappa shape index (κ2) is 6.75. The third-order valence-corrected chi connectivity index (χ3v) is 4.91. The fraction of sp³-hybridized carbons (Fsp3) is 1.00. The topological polar surface area (TPSA) is 26.3 Å². The highest BCUT2D eigenvalue weighted by atomic mass is 32.2. The molecular weight excluding hydrogens is 220 g/mol. The Morgan fingerprint density at radius 1 is 1.38 bits per heavy atom. The first-order valence-corrected chi connectivity index (χ1v) is 7.84. The van der Waals surface area contributed by atoms with Crippen molar-refractivity contribution < 1.29 is 8.39 Å². The zero-order valence-electron chi connectivity index (χ0n) is 11.1. The Balaban J connectivity index is 2.46. The first kappa shape index (κ1) is 14.2. The molecule has 1 saturated carbocycles. The minimum absolute atomic E-state index is 0.216. The maximum Gasteiger partial charge on any atom is 0.155 e. The van der Waals surface area contributed by atoms with Crippen LogP contribution in [0.2, 0.25) is 0 Å². The van der Waals surface area contributed by atoms with Gasteiger partial charge in [0.25, 0.3) is 0 Å². The fourth-order valence-corrected chi connectivity index (χ4v) is 3.38. The summed E-state index contributed by atoms with van der Waals surface area (Å²) in [6.45, 7) is 8.83. The van der Waals surface area contributed by atoms with E-state index >= 15 is 0 Å². The molecule has 0 heterocycles. The molecular formula is C13H26O2S. The molecule has 0 N–H and O–H groups in total. The molecule has 0 spiro atoms. The molecule has 16 heavy (non-hydrogen) atoms. The summed E-state index contributed by atoms with van der Waals surface area (Å²) >= 11 is -1.07. The van der Waals surface area contributed by atoms with Crippen molar-refractivity contribution in [3.8, 4) is 0 Å². The predicted octanol–water partition coefficient (Wildman–Crippen LogP) is 3.54. The number of rotatable bonds is 5. The van der Waals surface area contributed by atoms with E-state index in [0.717, 1.165) is 24.7 Å². The van der Waals surface area contributed by atoms with Crippen LogP contribution in [0.5, 0.6) is 0 Å². The summed E-state index contributed by atoms with van der Waals surface area (Å²) in [6, 6.07) is 0. The first-order valence-electron chi connectivity index (χ1n) is 6.60. The Morgan fingerprint density at radius 2 is 2.06 bits per heavy atom. The van der Waals surface area contributed by atoms with Gasteiger partial charge in [0.1, 0.15) is 0 Å². The minimum Gasteiger partial charge on any atom is -0.287 e. The molecule has 96 valence electrons. The van der Waals surface area contributed by atoms with Gasteiger partial charge in [-0.2, -0.15) is 0 Å². The molecule has 1 fully saturated rings. The molecule has 2 nitrogen and oxygen atoms in total. The fourth-order valence-electron chi connectivity index (χ4n) is 2.40. The number of hydrogen-bond donors (Lipinski definition) is 0. The van der Waals surface area contributed by atoms with E-state index in [9.17, 15) is 4.21 Å². The largest absolute Gasteiger partial charge is 0.287 e. The standard InChI is InChI=1S/C13H26O2S/c1-5-8-16(14)15-13-9-12(10(2)3)7-6-11(13)4/h10-13H,5-9H2,1-4H3/t11-,12-,13-,16?/m1/s1. The summed E-state index contributed by atoms with van der Waals surface area (Å²) in [4.78, 5) is 0. The molecule has 1 unspecified atom stereocenters. The molecule has 0 aliphatic heterocycles. The molecule has 1 aliphatic rings. The van der Waals surface area contributed by atoms with Gasteiger partial charge in [0.05, 0.1) is 6.10 Å². The maximum absolute atomic E-state index is 11.6. The van der Waals surface area contributed by atoms with E-state index in [0.29, 0.717) is 11.7 Å². The Kier molecular flexibility index (Phi) is 5.98. The quantitative estimate of drug-likeness (QED) is 0.741. The van der Waals surface area contributed by atoms with Crippen molar-refractivity contribution >= 4 is 11.1 Å². The van der Waals surface area contributed by atoms with Gasteiger partial charge >= 0.3 is 0 Å². The van der Waals surface area contributed by atoms with E-state index in [4.69, 9.17) is 4.18 Å². The van der Waals surface area contributed by atoms with Gasteiger partial charge in [-0.25, -0.2) is 4.21 Å². The van der Waals surface area contributed by atoms with Crippen LogP contribution in [-0.2, 0) is 15.3 Å². The first-order chi connectivity index (χ1) is 7.54. The van der Waals surface area contributed by atoms with E-state index in [1.54, 1.807) is 0 Å². The van der Waals surface area contributed by atoms with Crippen LogP contribution in [-0.4, -0.2) is 16.1 Å². The molecule has 3 heteroatoms. The molecule has 1 rings (SSSR count). The van der Waals surface area contributed by atoms with Gasteiger partial charge in [-0.1, -0.05) is 27.7 Å². The second-order valence-electron chi connectivity index (χ2n) is 5.44. The van der Waals surface area contributed by atoms with Gasteiger partial charge in [0, 0.05) is 5.75 Å². The Morgan fingerprint density at radius 3 is 2.62 bits per heavy atom. The van der Waals surface area contributed by atoms with Crippen molar-refractivity contribution in [2.24, 2.45) is 17.8 Å². The van der Waals surface area contributed by atoms with E-state index < -0.39 is 11.1 Å². The summed E-state index contributed by atoms with van der Waals surface area (Å²) in [5, 5.41) is 0. The van der Waals surface area contributed by atoms with E-state index in [2.05, 4.69) is 20.8 Å². The van der Waals surface area contributed by atoms with Crippen LogP contribution in [0, 0.1) is 17.8 Å². The van der Waals surface area contributed by atoms with Crippen LogP contribution in [0.25, 0.3) is 0 Å². The molecule has 1 aliphatic carbocycles. The highest BCUT2D eigenvalue weighted by Crippen LogP contribution is 2.35. The maximum atomic E-state index is 11.6. The lowest BCUT2D eigenvalue weighted by Crippen LogP contribution is -2.33. The van der Waals surface area contributed by atoms with Crippen molar-refractivity contribution in [3.05, 3.63) is 0 Å². The number of hydrogen-bond acceptors (Lipinski definition) is 2. The molecule has 0 bridgehead atoms. The molecule has 0 aromatic rings. The predicted molar refractivity (Wildman–Crippen MR) is 69.5 cm³/mol. The lowest BCUT2D eigenvalue weighted by Gasteiger charge is -2.35. The molecule has 0 radical (unpaired) electrons. The molecule has 0 amide bonds. The SMILES string of the molecule is CCCS(=O)O[C@@H]1C[C@H](C(C)C)CC[C@H]1C. The highest BCUT2D eigenvalue weighted by Gasteiger charge is 2.31. The Labute approximate surface area is 103 Å². The van der Waals surface area contributed by atoms with E-state index in [1.807, 2.05) is 6.92 Å². The summed E-state index contributed by atoms with van der Waals surface area (Å²) in [5.74, 6) is 2.71. The monoisotopic (exact) mass is 246 g/mol. The summed E-state index contributed by atoms with van der Waals surface area (Å²) < 4.78 is 17.3. The lowest BCUT2D eigenvalue weighted by molar-refractivity contribution is 0.0715. The summed E-state index contributed by atoms with van der Waals surface area (Å²) in [6.07, 6.45) is 4.76. The van der Waals surface area contributed by atoms with Gasteiger partial charge in [-0.3, -0.25) is 4.18 Å². The van der Waals surface area contributed by atoms with Gasteiger partial charge in [0.15, 0.2) is 11.1 Å². The Bertz CT molecular complexity index is 228. The minimum atomic E-state index is -1.07. The average molecular weight is 246 g/mol. The van der Waals surface area contributed by atoms with Crippen LogP contribution in [0.4, 0.5) is 0 Å². The second-order valence-corrected chi connectivity index (χ2v) is 6.65. The van der Waals surface area contributed by atoms with E-state index in [-0.39, 0.29) is 6.10 Å². The third-order valence-electron chi connectivity index (χ3n) is 3.71. The van der Waals surface area contributed by atoms with Crippen molar-refractivity contribution in [2.45, 2.75) is 59.5 Å². The molecule has 0 saturated heterocycles. The smallest absolute Gasteiger partial charge is 0.155 e. The van der Waals surface area contributed by atoms with Crippen LogP contribution < -0.4 is 0 Å². The average Bonchev–Trinajstić information content (AvgIpc) is 2.21. The summed E-state index contributed by atoms with van der Waals surface area (Å²) in [5.41, 5.74) is 0. The van der Waals surface area contributed by atoms with Gasteiger partial charge < -0.3 is 0 Å². The van der Waals surface area contributed by atoms with Crippen LogP contribution in [0.1, 0.15) is 53.4 Å². The van der Waals surface area contributed by atoms with Gasteiger partial charge in [-0.15, -0.1) is 0 Å². The summed E-state index contributed by atoms with van der Waals surface area (Å²) in [7, 11) is 0. The van der Waals surface area contributed by atoms with Crippen LogP contribution >= 0.6 is 0 Å². The normalized spacial score (nSPS) is 32.9. The van der Waals surface area contributed by atoms with Crippen LogP contribution in [0.15, 0.2) is 0 Å². The van der Waals surface area contributed by atoms with Crippen molar-refractivity contribution in [3.63, 3.8) is 0 Å². The Hall–Kier alpha value is 0.110. The highest BCUT2D eigenvalue weighted by molar-refractivity contribution is 7.80.